The van der Waals surface area contributed by atoms with Gasteiger partial charge in [0, 0.05) is 10.5 Å². The quantitative estimate of drug-likeness (QED) is 0.576. The van der Waals surface area contributed by atoms with Crippen LogP contribution in [0, 0.1) is 15.9 Å². The minimum Gasteiger partial charge on any atom is -0.361 e. The molecule has 1 heterocycles. The first-order chi connectivity index (χ1) is 11.5. The lowest BCUT2D eigenvalue weighted by atomic mass is 10.2. The van der Waals surface area contributed by atoms with Crippen LogP contribution in [0.4, 0.5) is 27.4 Å². The van der Waals surface area contributed by atoms with Crippen molar-refractivity contribution in [2.45, 2.75) is 31.7 Å². The molecule has 1 aliphatic carbocycles. The fraction of sp³-hybridized carbons (Fsp3) is 0.333. The van der Waals surface area contributed by atoms with E-state index < -0.39 is 10.7 Å². The van der Waals surface area contributed by atoms with Crippen LogP contribution in [-0.2, 0) is 0 Å². The highest BCUT2D eigenvalue weighted by Gasteiger charge is 2.26. The number of benzene rings is 1. The Kier molecular flexibility index (Phi) is 4.89. The Morgan fingerprint density at radius 1 is 1.25 bits per heavy atom. The molecule has 1 aliphatic rings. The molecule has 0 bridgehead atoms. The van der Waals surface area contributed by atoms with Gasteiger partial charge in [-0.15, -0.1) is 0 Å². The minimum atomic E-state index is -0.559. The van der Waals surface area contributed by atoms with Gasteiger partial charge in [-0.2, -0.15) is 0 Å². The van der Waals surface area contributed by atoms with Gasteiger partial charge in [0.15, 0.2) is 0 Å². The third-order valence-electron chi connectivity index (χ3n) is 3.89. The first-order valence-electron chi connectivity index (χ1n) is 7.52. The SMILES string of the molecule is O=[N+]([O-])c1c(Nc2ccc(Br)cc2F)ncnc1NC1CCCC1. The smallest absolute Gasteiger partial charge is 0.353 e. The van der Waals surface area contributed by atoms with Crippen molar-refractivity contribution in [2.24, 2.45) is 0 Å². The standard InChI is InChI=1S/C15H15BrFN5O2/c16-9-5-6-12(11(17)7-9)21-15-13(22(23)24)14(18-8-19-15)20-10-3-1-2-4-10/h5-8,10H,1-4H2,(H2,18,19,20,21). The minimum absolute atomic E-state index is 0.0447. The van der Waals surface area contributed by atoms with Gasteiger partial charge < -0.3 is 10.6 Å². The van der Waals surface area contributed by atoms with Crippen LogP contribution in [0.25, 0.3) is 0 Å². The number of halogens is 2. The molecule has 0 aliphatic heterocycles. The summed E-state index contributed by atoms with van der Waals surface area (Å²) < 4.78 is 14.6. The van der Waals surface area contributed by atoms with E-state index >= 15 is 0 Å². The van der Waals surface area contributed by atoms with Crippen molar-refractivity contribution in [3.8, 4) is 0 Å². The predicted molar refractivity (Wildman–Crippen MR) is 91.9 cm³/mol. The van der Waals surface area contributed by atoms with Crippen LogP contribution in [0.1, 0.15) is 25.7 Å². The van der Waals surface area contributed by atoms with E-state index in [0.29, 0.717) is 4.47 Å². The molecule has 0 atom stereocenters. The molecule has 0 amide bonds. The van der Waals surface area contributed by atoms with E-state index in [2.05, 4.69) is 36.5 Å². The highest BCUT2D eigenvalue weighted by Crippen LogP contribution is 2.34. The van der Waals surface area contributed by atoms with Crippen LogP contribution >= 0.6 is 15.9 Å². The van der Waals surface area contributed by atoms with Crippen LogP contribution < -0.4 is 10.6 Å². The van der Waals surface area contributed by atoms with E-state index in [1.165, 1.54) is 18.5 Å². The third-order valence-corrected chi connectivity index (χ3v) is 4.38. The van der Waals surface area contributed by atoms with Gasteiger partial charge in [0.2, 0.25) is 11.6 Å². The lowest BCUT2D eigenvalue weighted by molar-refractivity contribution is -0.383. The summed E-state index contributed by atoms with van der Waals surface area (Å²) in [6.07, 6.45) is 5.30. The van der Waals surface area contributed by atoms with Crippen molar-refractivity contribution in [1.29, 1.82) is 0 Å². The van der Waals surface area contributed by atoms with Crippen LogP contribution in [0.15, 0.2) is 29.0 Å². The number of hydrogen-bond acceptors (Lipinski definition) is 6. The van der Waals surface area contributed by atoms with Crippen molar-refractivity contribution in [3.05, 3.63) is 44.9 Å². The van der Waals surface area contributed by atoms with Gasteiger partial charge in [0.05, 0.1) is 10.6 Å². The summed E-state index contributed by atoms with van der Waals surface area (Å²) >= 11 is 3.17. The molecule has 0 spiro atoms. The summed E-state index contributed by atoms with van der Waals surface area (Å²) in [4.78, 5) is 18.8. The normalized spacial score (nSPS) is 14.6. The van der Waals surface area contributed by atoms with Crippen molar-refractivity contribution >= 4 is 38.9 Å². The van der Waals surface area contributed by atoms with E-state index in [0.717, 1.165) is 25.7 Å². The second-order valence-electron chi connectivity index (χ2n) is 5.55. The molecule has 2 N–H and O–H groups in total. The molecule has 2 aromatic rings. The zero-order valence-corrected chi connectivity index (χ0v) is 14.2. The molecule has 1 aromatic carbocycles. The lowest BCUT2D eigenvalue weighted by Crippen LogP contribution is -2.17. The number of hydrogen-bond donors (Lipinski definition) is 2. The molecular weight excluding hydrogens is 381 g/mol. The highest BCUT2D eigenvalue weighted by atomic mass is 79.9. The first kappa shape index (κ1) is 16.6. The molecule has 0 unspecified atom stereocenters. The second kappa shape index (κ2) is 7.08. The number of nitro groups is 1. The van der Waals surface area contributed by atoms with E-state index in [-0.39, 0.29) is 29.1 Å². The maximum atomic E-state index is 14.0. The van der Waals surface area contributed by atoms with Gasteiger partial charge in [-0.1, -0.05) is 28.8 Å². The Bertz CT molecular complexity index is 768. The predicted octanol–water partition coefficient (Wildman–Crippen LogP) is 4.38. The highest BCUT2D eigenvalue weighted by molar-refractivity contribution is 9.10. The Balaban J connectivity index is 1.93. The van der Waals surface area contributed by atoms with Crippen molar-refractivity contribution in [3.63, 3.8) is 0 Å². The number of nitrogens with one attached hydrogen (secondary N) is 2. The summed E-state index contributed by atoms with van der Waals surface area (Å²) in [5.41, 5.74) is -0.182. The molecule has 126 valence electrons. The van der Waals surface area contributed by atoms with Gasteiger partial charge in [-0.05, 0) is 31.0 Å². The molecule has 24 heavy (non-hydrogen) atoms. The number of anilines is 3. The fourth-order valence-corrected chi connectivity index (χ4v) is 3.06. The Morgan fingerprint density at radius 2 is 1.96 bits per heavy atom. The average molecular weight is 396 g/mol. The van der Waals surface area contributed by atoms with Crippen molar-refractivity contribution < 1.29 is 9.31 Å². The lowest BCUT2D eigenvalue weighted by Gasteiger charge is -2.14. The molecule has 9 heteroatoms. The average Bonchev–Trinajstić information content (AvgIpc) is 3.03. The summed E-state index contributed by atoms with van der Waals surface area (Å²) in [5, 5.41) is 17.3. The molecule has 3 rings (SSSR count). The van der Waals surface area contributed by atoms with Gasteiger partial charge in [-0.3, -0.25) is 10.1 Å². The van der Waals surface area contributed by atoms with Gasteiger partial charge >= 0.3 is 5.69 Å². The zero-order valence-electron chi connectivity index (χ0n) is 12.6. The maximum Gasteiger partial charge on any atom is 0.353 e. The second-order valence-corrected chi connectivity index (χ2v) is 6.47. The zero-order chi connectivity index (χ0) is 17.1. The Labute approximate surface area is 146 Å². The summed E-state index contributed by atoms with van der Waals surface area (Å²) in [6.45, 7) is 0. The Morgan fingerprint density at radius 3 is 2.62 bits per heavy atom. The molecule has 0 radical (unpaired) electrons. The van der Waals surface area contributed by atoms with Gasteiger partial charge in [0.25, 0.3) is 0 Å². The monoisotopic (exact) mass is 395 g/mol. The molecule has 7 nitrogen and oxygen atoms in total. The number of aromatic nitrogens is 2. The molecule has 0 saturated heterocycles. The number of nitrogens with zero attached hydrogens (tertiary/aromatic N) is 3. The van der Waals surface area contributed by atoms with E-state index in [1.807, 2.05) is 0 Å². The third kappa shape index (κ3) is 3.61. The molecule has 1 saturated carbocycles. The maximum absolute atomic E-state index is 14.0. The topological polar surface area (TPSA) is 93.0 Å². The van der Waals surface area contributed by atoms with E-state index in [9.17, 15) is 14.5 Å². The summed E-state index contributed by atoms with van der Waals surface area (Å²) in [7, 11) is 0. The van der Waals surface area contributed by atoms with Crippen LogP contribution in [0.5, 0.6) is 0 Å². The first-order valence-corrected chi connectivity index (χ1v) is 8.32. The van der Waals surface area contributed by atoms with Crippen LogP contribution in [0.3, 0.4) is 0 Å². The fourth-order valence-electron chi connectivity index (χ4n) is 2.73. The van der Waals surface area contributed by atoms with Crippen molar-refractivity contribution in [2.75, 3.05) is 10.6 Å². The molecular formula is C15H15BrFN5O2. The largest absolute Gasteiger partial charge is 0.361 e. The van der Waals surface area contributed by atoms with E-state index in [4.69, 9.17) is 0 Å². The van der Waals surface area contributed by atoms with Gasteiger partial charge in [-0.25, -0.2) is 14.4 Å². The molecule has 1 fully saturated rings. The number of rotatable bonds is 5. The summed E-state index contributed by atoms with van der Waals surface area (Å²) in [6, 6.07) is 4.55. The van der Waals surface area contributed by atoms with Crippen LogP contribution in [-0.4, -0.2) is 20.9 Å². The molecule has 1 aromatic heterocycles. The van der Waals surface area contributed by atoms with Gasteiger partial charge in [0.1, 0.15) is 12.1 Å². The summed E-state index contributed by atoms with van der Waals surface area (Å²) in [5.74, 6) is -0.429. The van der Waals surface area contributed by atoms with E-state index in [1.54, 1.807) is 6.07 Å². The Hall–Kier alpha value is -2.29. The van der Waals surface area contributed by atoms with Crippen molar-refractivity contribution in [1.82, 2.24) is 9.97 Å². The van der Waals surface area contributed by atoms with Crippen LogP contribution in [0.2, 0.25) is 0 Å².